The van der Waals surface area contributed by atoms with Crippen LogP contribution in [0.3, 0.4) is 0 Å². The summed E-state index contributed by atoms with van der Waals surface area (Å²) in [6.07, 6.45) is 6.83. The lowest BCUT2D eigenvalue weighted by Crippen LogP contribution is -2.38. The lowest BCUT2D eigenvalue weighted by Gasteiger charge is -2.26. The summed E-state index contributed by atoms with van der Waals surface area (Å²) >= 11 is 0. The molecular formula is C28H38O5. The quantitative estimate of drug-likeness (QED) is 0.242. The Morgan fingerprint density at radius 2 is 1.42 bits per heavy atom. The van der Waals surface area contributed by atoms with Crippen molar-refractivity contribution in [3.63, 3.8) is 0 Å². The molecule has 0 spiro atoms. The maximum atomic E-state index is 6.29. The summed E-state index contributed by atoms with van der Waals surface area (Å²) in [5.74, 6) is 0. The topological polar surface area (TPSA) is 49.5 Å². The zero-order valence-electron chi connectivity index (χ0n) is 19.8. The Hall–Kier alpha value is -1.76. The van der Waals surface area contributed by atoms with Gasteiger partial charge in [0.15, 0.2) is 6.29 Å². The number of epoxide rings is 1. The maximum absolute atomic E-state index is 6.29. The highest BCUT2D eigenvalue weighted by atomic mass is 16.8. The summed E-state index contributed by atoms with van der Waals surface area (Å²) in [6, 6.07) is 20.4. The normalized spacial score (nSPS) is 24.5. The van der Waals surface area contributed by atoms with E-state index in [2.05, 4.69) is 31.2 Å². The number of fused-ring (bicyclic) bond motifs is 1. The first-order valence-electron chi connectivity index (χ1n) is 12.5. The van der Waals surface area contributed by atoms with Gasteiger partial charge < -0.3 is 23.7 Å². The van der Waals surface area contributed by atoms with Crippen LogP contribution in [0.5, 0.6) is 0 Å². The Morgan fingerprint density at radius 1 is 0.758 bits per heavy atom. The summed E-state index contributed by atoms with van der Waals surface area (Å²) in [7, 11) is 0. The van der Waals surface area contributed by atoms with Crippen LogP contribution in [0, 0.1) is 0 Å². The van der Waals surface area contributed by atoms with E-state index < -0.39 is 0 Å². The van der Waals surface area contributed by atoms with E-state index in [0.29, 0.717) is 19.8 Å². The van der Waals surface area contributed by atoms with E-state index in [1.54, 1.807) is 0 Å². The van der Waals surface area contributed by atoms with Crippen LogP contribution in [0.15, 0.2) is 60.7 Å². The largest absolute Gasteiger partial charge is 0.374 e. The van der Waals surface area contributed by atoms with Crippen LogP contribution in [0.1, 0.15) is 56.6 Å². The number of unbranched alkanes of at least 4 members (excludes halogenated alkanes) is 5. The molecule has 5 heteroatoms. The minimum Gasteiger partial charge on any atom is -0.374 e. The SMILES string of the molecule is CCCCCCCCO[C@H]1O[C@@H]([C@@H](COCc2ccccc2)OCc2ccccc2)[C@H]2O[C@@H]12. The molecule has 4 rings (SSSR count). The zero-order chi connectivity index (χ0) is 22.7. The van der Waals surface area contributed by atoms with E-state index >= 15 is 0 Å². The van der Waals surface area contributed by atoms with Crippen LogP contribution < -0.4 is 0 Å². The molecule has 0 amide bonds. The van der Waals surface area contributed by atoms with Gasteiger partial charge in [-0.3, -0.25) is 0 Å². The van der Waals surface area contributed by atoms with Gasteiger partial charge in [0.1, 0.15) is 24.4 Å². The Bertz CT molecular complexity index is 783. The fourth-order valence-corrected chi connectivity index (χ4v) is 4.33. The van der Waals surface area contributed by atoms with Crippen molar-refractivity contribution in [2.45, 2.75) is 89.4 Å². The Kier molecular flexibility index (Phi) is 9.75. The molecule has 2 heterocycles. The molecule has 2 aliphatic rings. The first-order valence-corrected chi connectivity index (χ1v) is 12.5. The molecule has 0 saturated carbocycles. The van der Waals surface area contributed by atoms with Crippen molar-refractivity contribution in [2.75, 3.05) is 13.2 Å². The molecule has 2 fully saturated rings. The van der Waals surface area contributed by atoms with Crippen molar-refractivity contribution in [3.8, 4) is 0 Å². The molecule has 0 aliphatic carbocycles. The smallest absolute Gasteiger partial charge is 0.186 e. The first kappa shape index (κ1) is 24.4. The Labute approximate surface area is 198 Å². The summed E-state index contributed by atoms with van der Waals surface area (Å²) in [6.45, 7) is 4.47. The van der Waals surface area contributed by atoms with Gasteiger partial charge in [0.2, 0.25) is 0 Å². The highest BCUT2D eigenvalue weighted by molar-refractivity contribution is 5.14. The lowest BCUT2D eigenvalue weighted by atomic mass is 10.1. The van der Waals surface area contributed by atoms with Gasteiger partial charge in [-0.15, -0.1) is 0 Å². The summed E-state index contributed by atoms with van der Waals surface area (Å²) < 4.78 is 30.5. The van der Waals surface area contributed by atoms with Crippen LogP contribution in [0.4, 0.5) is 0 Å². The minimum atomic E-state index is -0.299. The second-order valence-electron chi connectivity index (χ2n) is 9.01. The van der Waals surface area contributed by atoms with Crippen LogP contribution >= 0.6 is 0 Å². The highest BCUT2D eigenvalue weighted by Gasteiger charge is 2.61. The van der Waals surface area contributed by atoms with Gasteiger partial charge in [0.25, 0.3) is 0 Å². The number of ether oxygens (including phenoxy) is 5. The molecule has 0 aromatic heterocycles. The second kappa shape index (κ2) is 13.2. The van der Waals surface area contributed by atoms with Crippen molar-refractivity contribution >= 4 is 0 Å². The Balaban J connectivity index is 1.25. The fourth-order valence-electron chi connectivity index (χ4n) is 4.33. The predicted octanol–water partition coefficient (Wildman–Crippen LogP) is 5.66. The number of hydrogen-bond acceptors (Lipinski definition) is 5. The van der Waals surface area contributed by atoms with Gasteiger partial charge in [-0.1, -0.05) is 99.7 Å². The molecule has 180 valence electrons. The van der Waals surface area contributed by atoms with E-state index in [1.165, 1.54) is 32.1 Å². The molecule has 0 N–H and O–H groups in total. The molecule has 5 nitrogen and oxygen atoms in total. The van der Waals surface area contributed by atoms with Crippen molar-refractivity contribution in [1.29, 1.82) is 0 Å². The summed E-state index contributed by atoms with van der Waals surface area (Å²) in [5, 5.41) is 0. The molecule has 5 atom stereocenters. The number of rotatable bonds is 16. The van der Waals surface area contributed by atoms with Gasteiger partial charge in [-0.05, 0) is 17.5 Å². The fraction of sp³-hybridized carbons (Fsp3) is 0.571. The third-order valence-electron chi connectivity index (χ3n) is 6.29. The standard InChI is InChI=1S/C28H38O5/c1-2-3-4-5-6-13-18-30-28-27-26(32-27)25(33-28)24(31-20-23-16-11-8-12-17-23)21-29-19-22-14-9-7-10-15-22/h7-12,14-17,24-28H,2-6,13,18-21H2,1H3/t24-,25+,26-,27-,28+/m1/s1. The molecule has 2 aromatic rings. The minimum absolute atomic E-state index is 0.0204. The Morgan fingerprint density at radius 3 is 2.15 bits per heavy atom. The predicted molar refractivity (Wildman–Crippen MR) is 128 cm³/mol. The zero-order valence-corrected chi connectivity index (χ0v) is 19.8. The molecule has 2 aliphatic heterocycles. The monoisotopic (exact) mass is 454 g/mol. The third kappa shape index (κ3) is 7.62. The van der Waals surface area contributed by atoms with Crippen LogP contribution in [0.2, 0.25) is 0 Å². The van der Waals surface area contributed by atoms with Crippen molar-refractivity contribution < 1.29 is 23.7 Å². The maximum Gasteiger partial charge on any atom is 0.186 e. The summed E-state index contributed by atoms with van der Waals surface area (Å²) in [5.41, 5.74) is 2.28. The van der Waals surface area contributed by atoms with Crippen LogP contribution in [0.25, 0.3) is 0 Å². The molecule has 2 aromatic carbocycles. The van der Waals surface area contributed by atoms with Crippen molar-refractivity contribution in [3.05, 3.63) is 71.8 Å². The second-order valence-corrected chi connectivity index (χ2v) is 9.01. The summed E-state index contributed by atoms with van der Waals surface area (Å²) in [4.78, 5) is 0. The molecule has 2 saturated heterocycles. The van der Waals surface area contributed by atoms with Crippen LogP contribution in [-0.4, -0.2) is 43.9 Å². The average Bonchev–Trinajstić information content (AvgIpc) is 3.57. The highest BCUT2D eigenvalue weighted by Crippen LogP contribution is 2.42. The van der Waals surface area contributed by atoms with Gasteiger partial charge in [0, 0.05) is 6.61 Å². The van der Waals surface area contributed by atoms with Crippen molar-refractivity contribution in [1.82, 2.24) is 0 Å². The third-order valence-corrected chi connectivity index (χ3v) is 6.29. The lowest BCUT2D eigenvalue weighted by molar-refractivity contribution is -0.207. The number of benzene rings is 2. The van der Waals surface area contributed by atoms with E-state index in [4.69, 9.17) is 23.7 Å². The van der Waals surface area contributed by atoms with Crippen LogP contribution in [-0.2, 0) is 36.9 Å². The van der Waals surface area contributed by atoms with Gasteiger partial charge in [-0.25, -0.2) is 0 Å². The first-order chi connectivity index (χ1) is 16.3. The van der Waals surface area contributed by atoms with E-state index in [0.717, 1.165) is 24.2 Å². The molecule has 0 unspecified atom stereocenters. The van der Waals surface area contributed by atoms with Gasteiger partial charge >= 0.3 is 0 Å². The van der Waals surface area contributed by atoms with Gasteiger partial charge in [0.05, 0.1) is 19.8 Å². The van der Waals surface area contributed by atoms with E-state index in [9.17, 15) is 0 Å². The van der Waals surface area contributed by atoms with E-state index in [-0.39, 0.29) is 30.7 Å². The average molecular weight is 455 g/mol. The van der Waals surface area contributed by atoms with Gasteiger partial charge in [-0.2, -0.15) is 0 Å². The van der Waals surface area contributed by atoms with E-state index in [1.807, 2.05) is 36.4 Å². The molecular weight excluding hydrogens is 416 g/mol. The molecule has 0 bridgehead atoms. The molecule has 33 heavy (non-hydrogen) atoms. The molecule has 0 radical (unpaired) electrons. The number of hydrogen-bond donors (Lipinski definition) is 0. The van der Waals surface area contributed by atoms with Crippen molar-refractivity contribution in [2.24, 2.45) is 0 Å².